The van der Waals surface area contributed by atoms with Crippen LogP contribution in [0.5, 0.6) is 0 Å². The average molecular weight is 526 g/mol. The van der Waals surface area contributed by atoms with Crippen molar-refractivity contribution in [1.82, 2.24) is 25.4 Å². The molecule has 4 rings (SSSR count). The lowest BCUT2D eigenvalue weighted by molar-refractivity contribution is -0.150. The molecule has 1 saturated heterocycles. The molecule has 0 aromatic carbocycles. The maximum absolute atomic E-state index is 12.8. The lowest BCUT2D eigenvalue weighted by atomic mass is 10.0. The van der Waals surface area contributed by atoms with Crippen molar-refractivity contribution in [3.05, 3.63) is 39.3 Å². The van der Waals surface area contributed by atoms with E-state index in [1.807, 2.05) is 0 Å². The third-order valence-corrected chi connectivity index (χ3v) is 8.02. The number of fused-ring (bicyclic) bond motifs is 1. The van der Waals surface area contributed by atoms with Gasteiger partial charge in [0.15, 0.2) is 15.2 Å². The Morgan fingerprint density at radius 2 is 2.27 bits per heavy atom. The number of thiazole rings is 1. The Labute approximate surface area is 203 Å². The molecule has 4 N–H and O–H groups in total. The maximum Gasteiger partial charge on any atom is 0.352 e. The quantitative estimate of drug-likeness (QED) is 0.194. The molecule has 4 heterocycles. The molecule has 12 nitrogen and oxygen atoms in total. The van der Waals surface area contributed by atoms with Gasteiger partial charge in [0.25, 0.3) is 11.8 Å². The molecule has 0 saturated carbocycles. The normalized spacial score (nSPS) is 20.6. The molecule has 2 amide bonds. The van der Waals surface area contributed by atoms with Crippen LogP contribution in [0.2, 0.25) is 0 Å². The van der Waals surface area contributed by atoms with Crippen molar-refractivity contribution >= 4 is 74.8 Å². The van der Waals surface area contributed by atoms with Crippen LogP contribution < -0.4 is 11.1 Å². The van der Waals surface area contributed by atoms with Crippen molar-refractivity contribution in [3.63, 3.8) is 0 Å². The van der Waals surface area contributed by atoms with Crippen LogP contribution in [0.15, 0.2) is 43.1 Å². The summed E-state index contributed by atoms with van der Waals surface area (Å²) in [5, 5.41) is 26.6. The van der Waals surface area contributed by atoms with Crippen LogP contribution in [-0.2, 0) is 19.2 Å². The number of carboxylic acids is 1. The summed E-state index contributed by atoms with van der Waals surface area (Å²) in [5.41, 5.74) is 7.67. The number of carboxylic acid groups (broad SMARTS) is 1. The summed E-state index contributed by atoms with van der Waals surface area (Å²) in [6.45, 7) is 0. The summed E-state index contributed by atoms with van der Waals surface area (Å²) in [6, 6.07) is -0.920. The Bertz CT molecular complexity index is 1180. The Morgan fingerprint density at radius 3 is 2.91 bits per heavy atom. The van der Waals surface area contributed by atoms with Gasteiger partial charge in [-0.3, -0.25) is 14.5 Å². The summed E-state index contributed by atoms with van der Waals surface area (Å²) in [7, 11) is 1.28. The fraction of sp³-hybridized carbons (Fsp3) is 0.235. The van der Waals surface area contributed by atoms with Gasteiger partial charge in [0.2, 0.25) is 0 Å². The largest absolute Gasteiger partial charge is 0.477 e. The molecular weight excluding hydrogens is 510 g/mol. The zero-order chi connectivity index (χ0) is 23.5. The number of allylic oxidation sites excluding steroid dienone is 1. The van der Waals surface area contributed by atoms with Crippen molar-refractivity contribution in [2.45, 2.75) is 15.8 Å². The molecular formula is C17H15N7O5S4. The SMILES string of the molecule is CON=C(C(=O)NC1C(=O)N2C(C(=O)O)=C(C=CSc3nncs3)CSC12)c1csc(N)n1. The summed E-state index contributed by atoms with van der Waals surface area (Å²) < 4.78 is 0.711. The van der Waals surface area contributed by atoms with E-state index >= 15 is 0 Å². The standard InChI is InChI=1S/C17H15N7O5S4/c1-29-23-9(8-5-32-16(18)20-8)12(25)21-10-13(26)24-11(15(27)28)7(4-31-14(10)24)2-3-30-17-22-19-6-33-17/h2-3,5-6,10,14H,4H2,1H3,(H2,18,20)(H,21,25)(H,27,28). The number of β-lactam (4-membered cyclic amide) rings is 1. The molecule has 2 aliphatic heterocycles. The molecule has 2 unspecified atom stereocenters. The van der Waals surface area contributed by atoms with E-state index in [-0.39, 0.29) is 22.2 Å². The fourth-order valence-corrected chi connectivity index (χ4v) is 6.17. The zero-order valence-electron chi connectivity index (χ0n) is 16.7. The Balaban J connectivity index is 1.49. The third-order valence-electron chi connectivity index (χ3n) is 4.43. The smallest absolute Gasteiger partial charge is 0.352 e. The highest BCUT2D eigenvalue weighted by molar-refractivity contribution is 8.03. The van der Waals surface area contributed by atoms with Crippen molar-refractivity contribution in [2.24, 2.45) is 5.16 Å². The first-order chi connectivity index (χ1) is 15.9. The minimum Gasteiger partial charge on any atom is -0.477 e. The zero-order valence-corrected chi connectivity index (χ0v) is 20.0. The third kappa shape index (κ3) is 4.73. The Kier molecular flexibility index (Phi) is 6.96. The second-order valence-electron chi connectivity index (χ2n) is 6.36. The number of hydrogen-bond acceptors (Lipinski definition) is 13. The van der Waals surface area contributed by atoms with Crippen LogP contribution in [-0.4, -0.2) is 73.0 Å². The fourth-order valence-electron chi connectivity index (χ4n) is 3.06. The molecule has 16 heteroatoms. The van der Waals surface area contributed by atoms with Crippen LogP contribution in [0, 0.1) is 0 Å². The van der Waals surface area contributed by atoms with E-state index in [1.54, 1.807) is 22.4 Å². The van der Waals surface area contributed by atoms with E-state index < -0.39 is 29.2 Å². The van der Waals surface area contributed by atoms with Crippen LogP contribution in [0.1, 0.15) is 5.69 Å². The number of rotatable bonds is 8. The summed E-state index contributed by atoms with van der Waals surface area (Å²) in [6.07, 6.45) is 1.65. The molecule has 0 spiro atoms. The topological polar surface area (TPSA) is 173 Å². The van der Waals surface area contributed by atoms with Gasteiger partial charge in [0, 0.05) is 11.1 Å². The molecule has 172 valence electrons. The predicted molar refractivity (Wildman–Crippen MR) is 125 cm³/mol. The van der Waals surface area contributed by atoms with E-state index in [9.17, 15) is 19.5 Å². The second-order valence-corrected chi connectivity index (χ2v) is 10.3. The van der Waals surface area contributed by atoms with Crippen molar-refractivity contribution in [2.75, 3.05) is 18.6 Å². The van der Waals surface area contributed by atoms with Crippen molar-refractivity contribution < 1.29 is 24.3 Å². The first-order valence-corrected chi connectivity index (χ1v) is 12.7. The van der Waals surface area contributed by atoms with Crippen LogP contribution in [0.3, 0.4) is 0 Å². The molecule has 0 aliphatic carbocycles. The monoisotopic (exact) mass is 525 g/mol. The average Bonchev–Trinajstić information content (AvgIpc) is 3.46. The first kappa shape index (κ1) is 23.2. The van der Waals surface area contributed by atoms with Gasteiger partial charge in [-0.1, -0.05) is 28.3 Å². The number of nitrogens with two attached hydrogens (primary N) is 1. The number of nitrogens with one attached hydrogen (secondary N) is 1. The van der Waals surface area contributed by atoms with Gasteiger partial charge in [0.1, 0.15) is 35.4 Å². The Hall–Kier alpha value is -2.95. The van der Waals surface area contributed by atoms with Crippen LogP contribution in [0.25, 0.3) is 0 Å². The maximum atomic E-state index is 12.8. The van der Waals surface area contributed by atoms with E-state index in [1.165, 1.54) is 46.9 Å². The molecule has 33 heavy (non-hydrogen) atoms. The van der Waals surface area contributed by atoms with Gasteiger partial charge in [-0.05, 0) is 17.1 Å². The lowest BCUT2D eigenvalue weighted by Gasteiger charge is -2.49. The molecule has 2 atom stereocenters. The molecule has 1 fully saturated rings. The summed E-state index contributed by atoms with van der Waals surface area (Å²) in [4.78, 5) is 47.5. The van der Waals surface area contributed by atoms with Crippen LogP contribution in [0.4, 0.5) is 5.13 Å². The Morgan fingerprint density at radius 1 is 1.45 bits per heavy atom. The van der Waals surface area contributed by atoms with Gasteiger partial charge in [-0.25, -0.2) is 9.78 Å². The summed E-state index contributed by atoms with van der Waals surface area (Å²) >= 11 is 5.13. The van der Waals surface area contributed by atoms with E-state index in [0.29, 0.717) is 15.7 Å². The molecule has 0 bridgehead atoms. The van der Waals surface area contributed by atoms with E-state index in [4.69, 9.17) is 10.6 Å². The lowest BCUT2D eigenvalue weighted by Crippen LogP contribution is -2.71. The number of nitrogen functional groups attached to an aromatic ring is 1. The molecule has 2 aromatic heterocycles. The summed E-state index contributed by atoms with van der Waals surface area (Å²) in [5.74, 6) is -2.09. The van der Waals surface area contributed by atoms with Crippen LogP contribution >= 0.6 is 46.2 Å². The highest BCUT2D eigenvalue weighted by Gasteiger charge is 2.54. The predicted octanol–water partition coefficient (Wildman–Crippen LogP) is 0.972. The molecule has 2 aromatic rings. The van der Waals surface area contributed by atoms with Gasteiger partial charge in [0.05, 0.1) is 0 Å². The number of anilines is 1. The highest BCUT2D eigenvalue weighted by Crippen LogP contribution is 2.41. The van der Waals surface area contributed by atoms with E-state index in [0.717, 1.165) is 11.3 Å². The minimum atomic E-state index is -1.22. The number of carbonyl (C=O) groups is 3. The van der Waals surface area contributed by atoms with Gasteiger partial charge < -0.3 is 21.0 Å². The number of carbonyl (C=O) groups excluding carboxylic acids is 2. The van der Waals surface area contributed by atoms with Crippen molar-refractivity contribution in [1.29, 1.82) is 0 Å². The van der Waals surface area contributed by atoms with Crippen molar-refractivity contribution in [3.8, 4) is 0 Å². The highest BCUT2D eigenvalue weighted by atomic mass is 32.2. The van der Waals surface area contributed by atoms with E-state index in [2.05, 4.69) is 25.7 Å². The number of thioether (sulfide) groups is 2. The number of nitrogens with zero attached hydrogens (tertiary/aromatic N) is 5. The first-order valence-electron chi connectivity index (χ1n) is 9.04. The number of hydrogen-bond donors (Lipinski definition) is 3. The van der Waals surface area contributed by atoms with Gasteiger partial charge in [-0.2, -0.15) is 0 Å². The number of oxime groups is 1. The minimum absolute atomic E-state index is 0.110. The number of aromatic nitrogens is 3. The van der Waals surface area contributed by atoms with Gasteiger partial charge >= 0.3 is 5.97 Å². The molecule has 0 radical (unpaired) electrons. The molecule has 2 aliphatic rings. The van der Waals surface area contributed by atoms with Gasteiger partial charge in [-0.15, -0.1) is 33.3 Å². The second kappa shape index (κ2) is 9.90. The number of aliphatic carboxylic acids is 1. The number of amides is 2.